The number of allylic oxidation sites excluding steroid dienone is 4. The molecule has 1 aliphatic rings. The molecule has 0 N–H and O–H groups in total. The molecule has 0 amide bonds. The smallest absolute Gasteiger partial charge is 0.0457 e. The van der Waals surface area contributed by atoms with Gasteiger partial charge < -0.3 is 0 Å². The van der Waals surface area contributed by atoms with Gasteiger partial charge in [0.15, 0.2) is 0 Å². The van der Waals surface area contributed by atoms with Crippen molar-refractivity contribution in [2.24, 2.45) is 5.92 Å². The van der Waals surface area contributed by atoms with Gasteiger partial charge in [-0.2, -0.15) is 0 Å². The van der Waals surface area contributed by atoms with Crippen molar-refractivity contribution in [1.82, 2.24) is 0 Å². The van der Waals surface area contributed by atoms with E-state index in [2.05, 4.69) is 24.8 Å². The summed E-state index contributed by atoms with van der Waals surface area (Å²) in [6, 6.07) is 0. The zero-order valence-corrected chi connectivity index (χ0v) is 6.66. The summed E-state index contributed by atoms with van der Waals surface area (Å²) < 4.78 is 0.788. The predicted molar refractivity (Wildman–Crippen MR) is 48.0 cm³/mol. The van der Waals surface area contributed by atoms with E-state index in [1.165, 1.54) is 0 Å². The van der Waals surface area contributed by atoms with E-state index in [0.29, 0.717) is 5.92 Å². The van der Waals surface area contributed by atoms with Gasteiger partial charge in [-0.1, -0.05) is 36.5 Å². The van der Waals surface area contributed by atoms with Crippen LogP contribution in [0.15, 0.2) is 24.3 Å². The molecule has 0 saturated heterocycles. The lowest BCUT2D eigenvalue weighted by Gasteiger charge is -1.99. The average molecular weight is 156 g/mol. The fraction of sp³-hybridized carbons (Fsp3) is 0.286. The number of thiocarbonyl (C=S) groups is 1. The molecule has 1 rings (SSSR count). The standard InChI is InChI=1S/C7H8S2/c8-7(9)5-6-3-1-2-4-6/h1-4,6H,5H2,(H,8,9). The summed E-state index contributed by atoms with van der Waals surface area (Å²) >= 11 is 8.87. The first-order valence-electron chi connectivity index (χ1n) is 2.86. The molecule has 0 saturated carbocycles. The Morgan fingerprint density at radius 2 is 2.00 bits per heavy atom. The number of rotatable bonds is 2. The third-order valence-corrected chi connectivity index (χ3v) is 1.59. The van der Waals surface area contributed by atoms with Gasteiger partial charge in [0, 0.05) is 10.1 Å². The molecule has 0 aromatic rings. The summed E-state index contributed by atoms with van der Waals surface area (Å²) in [6.45, 7) is 0. The molecule has 0 nitrogen and oxygen atoms in total. The molecular weight excluding hydrogens is 148 g/mol. The fourth-order valence-electron chi connectivity index (χ4n) is 0.816. The normalized spacial score (nSPS) is 17.0. The first kappa shape index (κ1) is 7.03. The van der Waals surface area contributed by atoms with Crippen LogP contribution in [0.25, 0.3) is 0 Å². The van der Waals surface area contributed by atoms with Gasteiger partial charge in [-0.3, -0.25) is 0 Å². The van der Waals surface area contributed by atoms with E-state index in [-0.39, 0.29) is 0 Å². The zero-order valence-electron chi connectivity index (χ0n) is 4.95. The Kier molecular flexibility index (Phi) is 2.49. The van der Waals surface area contributed by atoms with E-state index in [0.717, 1.165) is 10.6 Å². The SMILES string of the molecule is S=C(S)CC1C=CC=C1. The lowest BCUT2D eigenvalue weighted by Crippen LogP contribution is -1.93. The Labute approximate surface area is 66.1 Å². The van der Waals surface area contributed by atoms with E-state index in [9.17, 15) is 0 Å². The predicted octanol–water partition coefficient (Wildman–Crippen LogP) is 2.38. The summed E-state index contributed by atoms with van der Waals surface area (Å²) in [5, 5.41) is 0. The maximum atomic E-state index is 4.83. The molecule has 0 fully saturated rings. The van der Waals surface area contributed by atoms with Crippen LogP contribution in [0.1, 0.15) is 6.42 Å². The van der Waals surface area contributed by atoms with Crippen LogP contribution in [0, 0.1) is 5.92 Å². The van der Waals surface area contributed by atoms with Crippen LogP contribution in [0.3, 0.4) is 0 Å². The third-order valence-electron chi connectivity index (χ3n) is 1.24. The first-order chi connectivity index (χ1) is 4.29. The molecule has 0 spiro atoms. The largest absolute Gasteiger partial charge is 0.136 e. The number of hydrogen-bond acceptors (Lipinski definition) is 1. The fourth-order valence-corrected chi connectivity index (χ4v) is 1.22. The minimum Gasteiger partial charge on any atom is -0.136 e. The Balaban J connectivity index is 2.37. The van der Waals surface area contributed by atoms with Crippen molar-refractivity contribution in [3.63, 3.8) is 0 Å². The first-order valence-corrected chi connectivity index (χ1v) is 3.71. The summed E-state index contributed by atoms with van der Waals surface area (Å²) in [6.07, 6.45) is 9.23. The molecular formula is C7H8S2. The molecule has 0 aromatic heterocycles. The Hall–Kier alpha value is -0.0800. The van der Waals surface area contributed by atoms with Crippen LogP contribution in [0.4, 0.5) is 0 Å². The summed E-state index contributed by atoms with van der Waals surface area (Å²) in [5.41, 5.74) is 0. The molecule has 0 unspecified atom stereocenters. The van der Waals surface area contributed by atoms with Crippen molar-refractivity contribution >= 4 is 29.0 Å². The summed E-state index contributed by atoms with van der Waals surface area (Å²) in [7, 11) is 0. The summed E-state index contributed by atoms with van der Waals surface area (Å²) in [5.74, 6) is 0.509. The van der Waals surface area contributed by atoms with Crippen molar-refractivity contribution in [2.45, 2.75) is 6.42 Å². The van der Waals surface area contributed by atoms with E-state index in [1.54, 1.807) is 0 Å². The van der Waals surface area contributed by atoms with Crippen molar-refractivity contribution in [1.29, 1.82) is 0 Å². The van der Waals surface area contributed by atoms with Gasteiger partial charge in [0.1, 0.15) is 0 Å². The lowest BCUT2D eigenvalue weighted by molar-refractivity contribution is 0.891. The highest BCUT2D eigenvalue weighted by Crippen LogP contribution is 2.14. The second-order valence-corrected chi connectivity index (χ2v) is 3.37. The van der Waals surface area contributed by atoms with Gasteiger partial charge >= 0.3 is 0 Å². The van der Waals surface area contributed by atoms with Gasteiger partial charge in [-0.15, -0.1) is 12.6 Å². The third kappa shape index (κ3) is 2.33. The molecule has 0 aromatic carbocycles. The van der Waals surface area contributed by atoms with E-state index in [4.69, 9.17) is 12.2 Å². The van der Waals surface area contributed by atoms with Crippen LogP contribution in [-0.4, -0.2) is 4.20 Å². The van der Waals surface area contributed by atoms with Crippen molar-refractivity contribution in [3.8, 4) is 0 Å². The molecule has 0 aliphatic heterocycles. The lowest BCUT2D eigenvalue weighted by atomic mass is 10.1. The van der Waals surface area contributed by atoms with Gasteiger partial charge in [0.25, 0.3) is 0 Å². The van der Waals surface area contributed by atoms with Crippen LogP contribution in [0.5, 0.6) is 0 Å². The average Bonchev–Trinajstić information content (AvgIpc) is 2.15. The summed E-state index contributed by atoms with van der Waals surface area (Å²) in [4.78, 5) is 0. The number of hydrogen-bond donors (Lipinski definition) is 1. The molecule has 0 atom stereocenters. The molecule has 0 radical (unpaired) electrons. The van der Waals surface area contributed by atoms with Gasteiger partial charge in [-0.05, 0) is 6.42 Å². The molecule has 0 heterocycles. The van der Waals surface area contributed by atoms with Gasteiger partial charge in [0.05, 0.1) is 0 Å². The molecule has 9 heavy (non-hydrogen) atoms. The van der Waals surface area contributed by atoms with Crippen LogP contribution >= 0.6 is 24.8 Å². The molecule has 0 bridgehead atoms. The quantitative estimate of drug-likeness (QED) is 0.473. The zero-order chi connectivity index (χ0) is 6.69. The molecule has 1 aliphatic carbocycles. The second-order valence-electron chi connectivity index (χ2n) is 2.03. The maximum Gasteiger partial charge on any atom is 0.0457 e. The van der Waals surface area contributed by atoms with E-state index < -0.39 is 0 Å². The maximum absolute atomic E-state index is 4.83. The van der Waals surface area contributed by atoms with Crippen LogP contribution < -0.4 is 0 Å². The highest BCUT2D eigenvalue weighted by molar-refractivity contribution is 8.11. The topological polar surface area (TPSA) is 0 Å². The van der Waals surface area contributed by atoms with E-state index >= 15 is 0 Å². The van der Waals surface area contributed by atoms with Gasteiger partial charge in [-0.25, -0.2) is 0 Å². The molecule has 2 heteroatoms. The van der Waals surface area contributed by atoms with Crippen molar-refractivity contribution in [2.75, 3.05) is 0 Å². The van der Waals surface area contributed by atoms with Crippen LogP contribution in [0.2, 0.25) is 0 Å². The minimum absolute atomic E-state index is 0.509. The Morgan fingerprint density at radius 3 is 2.44 bits per heavy atom. The highest BCUT2D eigenvalue weighted by atomic mass is 32.1. The van der Waals surface area contributed by atoms with Crippen LogP contribution in [-0.2, 0) is 0 Å². The van der Waals surface area contributed by atoms with Crippen molar-refractivity contribution < 1.29 is 0 Å². The second kappa shape index (κ2) is 3.18. The monoisotopic (exact) mass is 156 g/mol. The Bertz CT molecular complexity index is 156. The highest BCUT2D eigenvalue weighted by Gasteiger charge is 2.03. The van der Waals surface area contributed by atoms with E-state index in [1.807, 2.05) is 12.2 Å². The Morgan fingerprint density at radius 1 is 1.44 bits per heavy atom. The minimum atomic E-state index is 0.509. The van der Waals surface area contributed by atoms with Gasteiger partial charge in [0.2, 0.25) is 0 Å². The number of thiol groups is 1. The molecule has 48 valence electrons. The van der Waals surface area contributed by atoms with Crippen molar-refractivity contribution in [3.05, 3.63) is 24.3 Å².